The molecular weight excluding hydrogens is 166 g/mol. The maximum Gasteiger partial charge on any atom is 0.217 e. The summed E-state index contributed by atoms with van der Waals surface area (Å²) in [5.41, 5.74) is 0. The fourth-order valence-electron chi connectivity index (χ4n) is 2.10. The fraction of sp³-hybridized carbons (Fsp3) is 0.800. The van der Waals surface area contributed by atoms with E-state index in [1.807, 2.05) is 0 Å². The smallest absolute Gasteiger partial charge is 0.217 e. The van der Waals surface area contributed by atoms with Gasteiger partial charge >= 0.3 is 0 Å². The first-order valence-electron chi connectivity index (χ1n) is 4.86. The van der Waals surface area contributed by atoms with Gasteiger partial charge in [0.2, 0.25) is 5.91 Å². The predicted molar refractivity (Wildman–Crippen MR) is 50.2 cm³/mol. The number of ketones is 1. The lowest BCUT2D eigenvalue weighted by atomic mass is 9.97. The number of nitrogens with one attached hydrogen (secondary N) is 1. The quantitative estimate of drug-likeness (QED) is 0.716. The number of hydrogen-bond donors (Lipinski definition) is 1. The van der Waals surface area contributed by atoms with E-state index in [9.17, 15) is 9.59 Å². The van der Waals surface area contributed by atoms with Crippen molar-refractivity contribution in [2.45, 2.75) is 45.6 Å². The fourth-order valence-corrected chi connectivity index (χ4v) is 2.10. The molecule has 1 rings (SSSR count). The molecule has 0 aliphatic heterocycles. The van der Waals surface area contributed by atoms with Crippen molar-refractivity contribution in [2.24, 2.45) is 5.92 Å². The van der Waals surface area contributed by atoms with Crippen LogP contribution in [0.2, 0.25) is 0 Å². The Kier molecular flexibility index (Phi) is 3.46. The van der Waals surface area contributed by atoms with Crippen molar-refractivity contribution >= 4 is 11.7 Å². The number of carbonyl (C=O) groups is 2. The summed E-state index contributed by atoms with van der Waals surface area (Å²) >= 11 is 0. The van der Waals surface area contributed by atoms with Gasteiger partial charge in [0.25, 0.3) is 0 Å². The second kappa shape index (κ2) is 4.40. The normalized spacial score (nSPS) is 27.2. The molecule has 0 aromatic carbocycles. The Hall–Kier alpha value is -0.860. The largest absolute Gasteiger partial charge is 0.353 e. The second-order valence-corrected chi connectivity index (χ2v) is 3.90. The molecule has 0 bridgehead atoms. The minimum atomic E-state index is 0.0143. The van der Waals surface area contributed by atoms with Crippen molar-refractivity contribution < 1.29 is 9.59 Å². The van der Waals surface area contributed by atoms with Crippen LogP contribution in [0.5, 0.6) is 0 Å². The Labute approximate surface area is 78.9 Å². The molecule has 1 aliphatic rings. The first kappa shape index (κ1) is 10.2. The molecule has 0 radical (unpaired) electrons. The zero-order valence-corrected chi connectivity index (χ0v) is 8.30. The third kappa shape index (κ3) is 3.17. The maximum atomic E-state index is 10.9. The Balaban J connectivity index is 2.43. The molecule has 1 saturated carbocycles. The number of amides is 1. The molecule has 0 heterocycles. The number of Topliss-reactive ketones (excluding diaryl/α,β-unsaturated/α-hetero) is 1. The van der Waals surface area contributed by atoms with E-state index in [0.717, 1.165) is 19.3 Å². The van der Waals surface area contributed by atoms with Gasteiger partial charge in [0, 0.05) is 19.4 Å². The molecule has 13 heavy (non-hydrogen) atoms. The molecule has 74 valence electrons. The number of rotatable bonds is 3. The van der Waals surface area contributed by atoms with E-state index in [-0.39, 0.29) is 17.7 Å². The van der Waals surface area contributed by atoms with Crippen LogP contribution in [-0.4, -0.2) is 17.7 Å². The van der Waals surface area contributed by atoms with Crippen molar-refractivity contribution in [3.63, 3.8) is 0 Å². The first-order chi connectivity index (χ1) is 6.09. The van der Waals surface area contributed by atoms with Gasteiger partial charge in [-0.05, 0) is 25.7 Å². The van der Waals surface area contributed by atoms with E-state index in [1.54, 1.807) is 6.92 Å². The molecule has 0 aromatic heterocycles. The maximum absolute atomic E-state index is 10.9. The average Bonchev–Trinajstić information content (AvgIpc) is 2.34. The van der Waals surface area contributed by atoms with E-state index in [4.69, 9.17) is 0 Å². The minimum Gasteiger partial charge on any atom is -0.353 e. The Morgan fingerprint density at radius 3 is 2.54 bits per heavy atom. The van der Waals surface area contributed by atoms with Gasteiger partial charge in [-0.3, -0.25) is 4.79 Å². The Bertz CT molecular complexity index is 191. The van der Waals surface area contributed by atoms with Gasteiger partial charge < -0.3 is 10.1 Å². The van der Waals surface area contributed by atoms with Crippen molar-refractivity contribution in [1.82, 2.24) is 5.32 Å². The Morgan fingerprint density at radius 2 is 2.00 bits per heavy atom. The molecule has 0 spiro atoms. The molecule has 3 heteroatoms. The predicted octanol–water partition coefficient (Wildman–Crippen LogP) is 1.27. The lowest BCUT2D eigenvalue weighted by Gasteiger charge is -2.18. The van der Waals surface area contributed by atoms with Gasteiger partial charge in [-0.15, -0.1) is 0 Å². The first-order valence-corrected chi connectivity index (χ1v) is 4.86. The standard InChI is InChI=1S/C10H17NO2/c1-7(12)6-9-4-3-5-10(9)11-8(2)13/h9-10H,3-6H2,1-2H3,(H,11,13). The van der Waals surface area contributed by atoms with Crippen LogP contribution in [0.1, 0.15) is 39.5 Å². The minimum absolute atomic E-state index is 0.0143. The molecule has 0 saturated heterocycles. The molecular formula is C10H17NO2. The number of carbonyl (C=O) groups excluding carboxylic acids is 2. The average molecular weight is 183 g/mol. The van der Waals surface area contributed by atoms with Gasteiger partial charge in [0.1, 0.15) is 5.78 Å². The van der Waals surface area contributed by atoms with Crippen LogP contribution in [0, 0.1) is 5.92 Å². The second-order valence-electron chi connectivity index (χ2n) is 3.90. The lowest BCUT2D eigenvalue weighted by molar-refractivity contribution is -0.121. The van der Waals surface area contributed by atoms with Crippen LogP contribution in [0.15, 0.2) is 0 Å². The SMILES string of the molecule is CC(=O)CC1CCCC1NC(C)=O. The van der Waals surface area contributed by atoms with E-state index in [1.165, 1.54) is 6.92 Å². The molecule has 1 aliphatic carbocycles. The summed E-state index contributed by atoms with van der Waals surface area (Å²) in [6.07, 6.45) is 3.84. The highest BCUT2D eigenvalue weighted by Gasteiger charge is 2.28. The highest BCUT2D eigenvalue weighted by Crippen LogP contribution is 2.28. The zero-order chi connectivity index (χ0) is 9.84. The van der Waals surface area contributed by atoms with Gasteiger partial charge in [-0.1, -0.05) is 6.42 Å². The molecule has 2 atom stereocenters. The van der Waals surface area contributed by atoms with Crippen molar-refractivity contribution in [1.29, 1.82) is 0 Å². The summed E-state index contributed by atoms with van der Waals surface area (Å²) < 4.78 is 0. The third-order valence-corrected chi connectivity index (χ3v) is 2.60. The van der Waals surface area contributed by atoms with Crippen LogP contribution < -0.4 is 5.32 Å². The van der Waals surface area contributed by atoms with E-state index < -0.39 is 0 Å². The molecule has 1 fully saturated rings. The zero-order valence-electron chi connectivity index (χ0n) is 8.30. The highest BCUT2D eigenvalue weighted by molar-refractivity contribution is 5.76. The molecule has 0 aromatic rings. The van der Waals surface area contributed by atoms with E-state index >= 15 is 0 Å². The van der Waals surface area contributed by atoms with Crippen LogP contribution in [0.3, 0.4) is 0 Å². The van der Waals surface area contributed by atoms with Crippen LogP contribution in [0.4, 0.5) is 0 Å². The summed E-state index contributed by atoms with van der Waals surface area (Å²) in [6, 6.07) is 0.237. The van der Waals surface area contributed by atoms with Gasteiger partial charge in [-0.2, -0.15) is 0 Å². The molecule has 2 unspecified atom stereocenters. The number of hydrogen-bond acceptors (Lipinski definition) is 2. The topological polar surface area (TPSA) is 46.2 Å². The van der Waals surface area contributed by atoms with Crippen LogP contribution in [0.25, 0.3) is 0 Å². The monoisotopic (exact) mass is 183 g/mol. The summed E-state index contributed by atoms with van der Waals surface area (Å²) in [6.45, 7) is 3.15. The van der Waals surface area contributed by atoms with Crippen molar-refractivity contribution in [3.05, 3.63) is 0 Å². The third-order valence-electron chi connectivity index (χ3n) is 2.60. The van der Waals surface area contributed by atoms with Crippen LogP contribution >= 0.6 is 0 Å². The summed E-state index contributed by atoms with van der Waals surface area (Å²) in [5, 5.41) is 2.91. The lowest BCUT2D eigenvalue weighted by Crippen LogP contribution is -2.36. The van der Waals surface area contributed by atoms with Crippen molar-refractivity contribution in [2.75, 3.05) is 0 Å². The summed E-state index contributed by atoms with van der Waals surface area (Å²) in [7, 11) is 0. The molecule has 1 N–H and O–H groups in total. The summed E-state index contributed by atoms with van der Waals surface area (Å²) in [4.78, 5) is 21.8. The van der Waals surface area contributed by atoms with Crippen LogP contribution in [-0.2, 0) is 9.59 Å². The van der Waals surface area contributed by atoms with E-state index in [0.29, 0.717) is 12.3 Å². The van der Waals surface area contributed by atoms with Gasteiger partial charge in [0.15, 0.2) is 0 Å². The highest BCUT2D eigenvalue weighted by atomic mass is 16.1. The Morgan fingerprint density at radius 1 is 1.31 bits per heavy atom. The van der Waals surface area contributed by atoms with Crippen molar-refractivity contribution in [3.8, 4) is 0 Å². The van der Waals surface area contributed by atoms with Gasteiger partial charge in [-0.25, -0.2) is 0 Å². The summed E-state index contributed by atoms with van der Waals surface area (Å²) in [5.74, 6) is 0.615. The molecule has 1 amide bonds. The van der Waals surface area contributed by atoms with Gasteiger partial charge in [0.05, 0.1) is 0 Å². The molecule has 3 nitrogen and oxygen atoms in total. The van der Waals surface area contributed by atoms with E-state index in [2.05, 4.69) is 5.32 Å².